The number of hydrogen-bond donors (Lipinski definition) is 4. The molecule has 1 aliphatic heterocycles. The zero-order valence-corrected chi connectivity index (χ0v) is 17.3. The van der Waals surface area contributed by atoms with Crippen molar-refractivity contribution in [3.63, 3.8) is 0 Å². The number of hydrogen-bond acceptors (Lipinski definition) is 5. The third-order valence-electron chi connectivity index (χ3n) is 5.30. The smallest absolute Gasteiger partial charge is 0.133 e. The zero-order valence-electron chi connectivity index (χ0n) is 15.7. The first-order valence-electron chi connectivity index (χ1n) is 9.49. The standard InChI is InChI=1S/C21H22BrFN4O2/c22-17-9-16(19(28)10-20(17)29)21-18(12-25-26-21)27-7-5-15(6-8-27)24-11-13-1-3-14(23)4-2-13/h1-4,9-10,12,15,24,28-29H,5-8,11H2,(H,25,26). The second kappa shape index (κ2) is 8.42. The molecular weight excluding hydrogens is 439 g/mol. The fraction of sp³-hybridized carbons (Fsp3) is 0.286. The average Bonchev–Trinajstić information content (AvgIpc) is 3.20. The summed E-state index contributed by atoms with van der Waals surface area (Å²) in [5, 5.41) is 30.7. The van der Waals surface area contributed by atoms with Crippen LogP contribution in [0.15, 0.2) is 47.1 Å². The summed E-state index contributed by atoms with van der Waals surface area (Å²) in [4.78, 5) is 2.25. The van der Waals surface area contributed by atoms with Crippen LogP contribution in [0.3, 0.4) is 0 Å². The minimum absolute atomic E-state index is 0.00736. The van der Waals surface area contributed by atoms with E-state index in [0.29, 0.717) is 16.1 Å². The molecule has 2 heterocycles. The summed E-state index contributed by atoms with van der Waals surface area (Å²) in [5.41, 5.74) is 3.30. The molecule has 4 N–H and O–H groups in total. The van der Waals surface area contributed by atoms with Gasteiger partial charge in [0.05, 0.1) is 22.1 Å². The quantitative estimate of drug-likeness (QED) is 0.459. The Labute approximate surface area is 176 Å². The number of rotatable bonds is 5. The number of nitrogens with one attached hydrogen (secondary N) is 2. The maximum absolute atomic E-state index is 13.0. The van der Waals surface area contributed by atoms with Crippen molar-refractivity contribution in [2.24, 2.45) is 0 Å². The Hall–Kier alpha value is -2.58. The number of H-pyrrole nitrogens is 1. The average molecular weight is 461 g/mol. The summed E-state index contributed by atoms with van der Waals surface area (Å²) in [6.07, 6.45) is 3.70. The molecule has 1 aromatic heterocycles. The van der Waals surface area contributed by atoms with Crippen LogP contribution in [0, 0.1) is 5.82 Å². The molecule has 6 nitrogen and oxygen atoms in total. The largest absolute Gasteiger partial charge is 0.507 e. The van der Waals surface area contributed by atoms with E-state index >= 15 is 0 Å². The molecule has 2 aromatic carbocycles. The topological polar surface area (TPSA) is 84.4 Å². The van der Waals surface area contributed by atoms with Crippen molar-refractivity contribution in [1.29, 1.82) is 0 Å². The maximum Gasteiger partial charge on any atom is 0.133 e. The molecule has 1 fully saturated rings. The van der Waals surface area contributed by atoms with E-state index in [1.807, 2.05) is 0 Å². The summed E-state index contributed by atoms with van der Waals surface area (Å²) in [7, 11) is 0. The van der Waals surface area contributed by atoms with Crippen molar-refractivity contribution < 1.29 is 14.6 Å². The Kier molecular flexibility index (Phi) is 5.73. The summed E-state index contributed by atoms with van der Waals surface area (Å²) >= 11 is 3.30. The molecule has 0 bridgehead atoms. The van der Waals surface area contributed by atoms with Crippen molar-refractivity contribution in [2.75, 3.05) is 18.0 Å². The Morgan fingerprint density at radius 3 is 2.59 bits per heavy atom. The van der Waals surface area contributed by atoms with Crippen molar-refractivity contribution in [2.45, 2.75) is 25.4 Å². The van der Waals surface area contributed by atoms with Crippen LogP contribution in [0.25, 0.3) is 11.3 Å². The van der Waals surface area contributed by atoms with Crippen molar-refractivity contribution in [1.82, 2.24) is 15.5 Å². The van der Waals surface area contributed by atoms with Gasteiger partial charge in [-0.15, -0.1) is 0 Å². The van der Waals surface area contributed by atoms with E-state index in [9.17, 15) is 14.6 Å². The van der Waals surface area contributed by atoms with E-state index in [4.69, 9.17) is 0 Å². The molecule has 4 rings (SSSR count). The molecule has 0 atom stereocenters. The van der Waals surface area contributed by atoms with Crippen LogP contribution in [0.1, 0.15) is 18.4 Å². The van der Waals surface area contributed by atoms with Gasteiger partial charge < -0.3 is 20.4 Å². The van der Waals surface area contributed by atoms with E-state index in [0.717, 1.165) is 49.4 Å². The first-order valence-corrected chi connectivity index (χ1v) is 10.3. The van der Waals surface area contributed by atoms with Gasteiger partial charge >= 0.3 is 0 Å². The first kappa shape index (κ1) is 19.7. The lowest BCUT2D eigenvalue weighted by Gasteiger charge is -2.34. The van der Waals surface area contributed by atoms with Crippen LogP contribution in [-0.2, 0) is 6.54 Å². The predicted octanol–water partition coefficient (Wildman–Crippen LogP) is 4.15. The van der Waals surface area contributed by atoms with Gasteiger partial charge in [0.15, 0.2) is 0 Å². The fourth-order valence-corrected chi connectivity index (χ4v) is 4.00. The molecule has 152 valence electrons. The summed E-state index contributed by atoms with van der Waals surface area (Å²) in [5.74, 6) is -0.239. The number of phenols is 2. The molecule has 1 saturated heterocycles. The molecule has 0 spiro atoms. The van der Waals surface area contributed by atoms with Crippen molar-refractivity contribution >= 4 is 21.6 Å². The molecule has 3 aromatic rings. The van der Waals surface area contributed by atoms with Gasteiger partial charge in [-0.3, -0.25) is 5.10 Å². The minimum atomic E-state index is -0.218. The highest BCUT2D eigenvalue weighted by atomic mass is 79.9. The van der Waals surface area contributed by atoms with Crippen LogP contribution >= 0.6 is 15.9 Å². The molecule has 0 unspecified atom stereocenters. The summed E-state index contributed by atoms with van der Waals surface area (Å²) < 4.78 is 13.5. The van der Waals surface area contributed by atoms with E-state index in [2.05, 4.69) is 36.3 Å². The summed E-state index contributed by atoms with van der Waals surface area (Å²) in [6.45, 7) is 2.43. The molecule has 1 aliphatic rings. The van der Waals surface area contributed by atoms with Crippen LogP contribution in [-0.4, -0.2) is 39.5 Å². The highest BCUT2D eigenvalue weighted by Crippen LogP contribution is 2.40. The lowest BCUT2D eigenvalue weighted by Crippen LogP contribution is -2.42. The Morgan fingerprint density at radius 1 is 1.14 bits per heavy atom. The molecule has 29 heavy (non-hydrogen) atoms. The van der Waals surface area contributed by atoms with Gasteiger partial charge in [0, 0.05) is 37.3 Å². The SMILES string of the molecule is Oc1cc(O)c(-c2[nH]ncc2N2CCC(NCc3ccc(F)cc3)CC2)cc1Br. The van der Waals surface area contributed by atoms with E-state index in [1.165, 1.54) is 18.2 Å². The number of piperidine rings is 1. The molecule has 8 heteroatoms. The third-order valence-corrected chi connectivity index (χ3v) is 5.93. The van der Waals surface area contributed by atoms with Gasteiger partial charge in [-0.2, -0.15) is 5.10 Å². The first-order chi connectivity index (χ1) is 14.0. The Bertz CT molecular complexity index is 985. The second-order valence-corrected chi connectivity index (χ2v) is 8.07. The van der Waals surface area contributed by atoms with Gasteiger partial charge in [0.25, 0.3) is 0 Å². The number of aromatic nitrogens is 2. The number of phenolic OH excluding ortho intramolecular Hbond substituents is 2. The highest BCUT2D eigenvalue weighted by Gasteiger charge is 2.23. The number of anilines is 1. The van der Waals surface area contributed by atoms with E-state index in [1.54, 1.807) is 24.4 Å². The van der Waals surface area contributed by atoms with Gasteiger partial charge in [0.2, 0.25) is 0 Å². The van der Waals surface area contributed by atoms with Gasteiger partial charge in [-0.05, 0) is 52.5 Å². The minimum Gasteiger partial charge on any atom is -0.507 e. The van der Waals surface area contributed by atoms with Gasteiger partial charge in [-0.25, -0.2) is 4.39 Å². The van der Waals surface area contributed by atoms with Crippen molar-refractivity contribution in [3.8, 4) is 22.8 Å². The fourth-order valence-electron chi connectivity index (χ4n) is 3.66. The number of aromatic amines is 1. The summed E-state index contributed by atoms with van der Waals surface area (Å²) in [6, 6.07) is 9.96. The number of nitrogens with zero attached hydrogens (tertiary/aromatic N) is 2. The normalized spacial score (nSPS) is 15.0. The molecule has 0 amide bonds. The van der Waals surface area contributed by atoms with E-state index in [-0.39, 0.29) is 17.3 Å². The zero-order chi connectivity index (χ0) is 20.4. The van der Waals surface area contributed by atoms with Crippen LogP contribution in [0.2, 0.25) is 0 Å². The third kappa shape index (κ3) is 4.38. The second-order valence-electron chi connectivity index (χ2n) is 7.22. The van der Waals surface area contributed by atoms with Gasteiger partial charge in [0.1, 0.15) is 17.3 Å². The Morgan fingerprint density at radius 2 is 1.86 bits per heavy atom. The lowest BCUT2D eigenvalue weighted by molar-refractivity contribution is 0.414. The highest BCUT2D eigenvalue weighted by molar-refractivity contribution is 9.10. The maximum atomic E-state index is 13.0. The molecule has 0 aliphatic carbocycles. The number of halogens is 2. The van der Waals surface area contributed by atoms with Crippen LogP contribution < -0.4 is 10.2 Å². The number of aromatic hydroxyl groups is 2. The molecule has 0 saturated carbocycles. The number of benzene rings is 2. The van der Waals surface area contributed by atoms with Gasteiger partial charge in [-0.1, -0.05) is 12.1 Å². The monoisotopic (exact) mass is 460 g/mol. The lowest BCUT2D eigenvalue weighted by atomic mass is 10.0. The van der Waals surface area contributed by atoms with Crippen LogP contribution in [0.4, 0.5) is 10.1 Å². The molecule has 0 radical (unpaired) electrons. The predicted molar refractivity (Wildman–Crippen MR) is 114 cm³/mol. The molecular formula is C21H22BrFN4O2. The Balaban J connectivity index is 1.40. The van der Waals surface area contributed by atoms with Crippen LogP contribution in [0.5, 0.6) is 11.5 Å². The van der Waals surface area contributed by atoms with Crippen molar-refractivity contribution in [3.05, 3.63) is 58.4 Å². The van der Waals surface area contributed by atoms with E-state index < -0.39 is 0 Å².